The summed E-state index contributed by atoms with van der Waals surface area (Å²) in [5.41, 5.74) is -0.178. The Kier molecular flexibility index (Phi) is 6.70. The highest BCUT2D eigenvalue weighted by atomic mass is 32.1. The number of ether oxygens (including phenoxy) is 2. The summed E-state index contributed by atoms with van der Waals surface area (Å²) in [4.78, 5) is 39.9. The van der Waals surface area contributed by atoms with Crippen molar-refractivity contribution in [2.45, 2.75) is 53.2 Å². The van der Waals surface area contributed by atoms with E-state index in [9.17, 15) is 14.4 Å². The van der Waals surface area contributed by atoms with Gasteiger partial charge in [0.15, 0.2) is 5.13 Å². The number of aryl methyl sites for hydroxylation is 1. The molecule has 1 aromatic rings. The van der Waals surface area contributed by atoms with Crippen LogP contribution in [0.15, 0.2) is 0 Å². The van der Waals surface area contributed by atoms with E-state index in [2.05, 4.69) is 15.6 Å². The van der Waals surface area contributed by atoms with Crippen molar-refractivity contribution in [1.29, 1.82) is 0 Å². The van der Waals surface area contributed by atoms with Crippen LogP contribution >= 0.6 is 11.3 Å². The van der Waals surface area contributed by atoms with Gasteiger partial charge in [-0.3, -0.25) is 4.79 Å². The zero-order valence-corrected chi connectivity index (χ0v) is 15.5. The first-order valence-electron chi connectivity index (χ1n) is 7.48. The molecule has 2 N–H and O–H groups in total. The Hall–Kier alpha value is -2.16. The molecule has 1 rings (SSSR count). The number of nitrogens with one attached hydrogen (secondary N) is 2. The van der Waals surface area contributed by atoms with E-state index in [1.165, 1.54) is 6.92 Å². The molecular weight excluding hydrogens is 334 g/mol. The summed E-state index contributed by atoms with van der Waals surface area (Å²) in [6.45, 7) is 10.3. The molecule has 0 saturated heterocycles. The molecule has 1 atom stereocenters. The summed E-state index contributed by atoms with van der Waals surface area (Å²) in [5.74, 6) is -0.946. The predicted molar refractivity (Wildman–Crippen MR) is 90.3 cm³/mol. The van der Waals surface area contributed by atoms with E-state index >= 15 is 0 Å². The van der Waals surface area contributed by atoms with Crippen LogP contribution in [-0.4, -0.2) is 41.2 Å². The third-order valence-corrected chi connectivity index (χ3v) is 3.67. The number of carbonyl (C=O) groups is 3. The Morgan fingerprint density at radius 3 is 2.46 bits per heavy atom. The van der Waals surface area contributed by atoms with E-state index in [0.29, 0.717) is 10.6 Å². The molecule has 0 aliphatic carbocycles. The van der Waals surface area contributed by atoms with Gasteiger partial charge in [0.05, 0.1) is 12.3 Å². The van der Waals surface area contributed by atoms with Gasteiger partial charge in [-0.25, -0.2) is 14.6 Å². The minimum atomic E-state index is -0.824. The average molecular weight is 357 g/mol. The van der Waals surface area contributed by atoms with Crippen LogP contribution in [0.25, 0.3) is 0 Å². The number of nitrogens with zero attached hydrogens (tertiary/aromatic N) is 1. The molecule has 8 nitrogen and oxygen atoms in total. The fourth-order valence-electron chi connectivity index (χ4n) is 1.60. The second kappa shape index (κ2) is 8.09. The van der Waals surface area contributed by atoms with E-state index in [4.69, 9.17) is 9.47 Å². The zero-order chi connectivity index (χ0) is 18.5. The Morgan fingerprint density at radius 2 is 1.92 bits per heavy atom. The highest BCUT2D eigenvalue weighted by Crippen LogP contribution is 2.23. The fraction of sp³-hybridized carbons (Fsp3) is 0.600. The van der Waals surface area contributed by atoms with Crippen LogP contribution in [0, 0.1) is 6.92 Å². The number of amides is 2. The van der Waals surface area contributed by atoms with Gasteiger partial charge < -0.3 is 20.1 Å². The maximum Gasteiger partial charge on any atom is 0.408 e. The van der Waals surface area contributed by atoms with Gasteiger partial charge in [-0.1, -0.05) is 11.3 Å². The quantitative estimate of drug-likeness (QED) is 0.784. The molecule has 0 aliphatic heterocycles. The number of carbonyl (C=O) groups excluding carboxylic acids is 3. The molecule has 1 heterocycles. The SMILES string of the molecule is CCOC(=O)c1sc(NC(=O)[C@H](C)NC(=O)OC(C)(C)C)nc1C. The molecule has 24 heavy (non-hydrogen) atoms. The molecule has 0 bridgehead atoms. The number of hydrogen-bond acceptors (Lipinski definition) is 7. The van der Waals surface area contributed by atoms with E-state index in [0.717, 1.165) is 11.3 Å². The molecular formula is C15H23N3O5S. The van der Waals surface area contributed by atoms with Crippen LogP contribution in [0.3, 0.4) is 0 Å². The number of hydrogen-bond donors (Lipinski definition) is 2. The van der Waals surface area contributed by atoms with Gasteiger partial charge in [0.1, 0.15) is 16.5 Å². The van der Waals surface area contributed by atoms with Crippen LogP contribution in [-0.2, 0) is 14.3 Å². The lowest BCUT2D eigenvalue weighted by Gasteiger charge is -2.21. The molecule has 0 unspecified atom stereocenters. The van der Waals surface area contributed by atoms with Crippen molar-refractivity contribution in [3.8, 4) is 0 Å². The molecule has 0 saturated carbocycles. The zero-order valence-electron chi connectivity index (χ0n) is 14.7. The fourth-order valence-corrected chi connectivity index (χ4v) is 2.46. The van der Waals surface area contributed by atoms with Crippen LogP contribution in [0.2, 0.25) is 0 Å². The number of anilines is 1. The summed E-state index contributed by atoms with van der Waals surface area (Å²) in [6, 6.07) is -0.824. The van der Waals surface area contributed by atoms with Crippen LogP contribution in [0.5, 0.6) is 0 Å². The summed E-state index contributed by atoms with van der Waals surface area (Å²) < 4.78 is 10.0. The van der Waals surface area contributed by atoms with Gasteiger partial charge >= 0.3 is 12.1 Å². The monoisotopic (exact) mass is 357 g/mol. The van der Waals surface area contributed by atoms with E-state index in [1.807, 2.05) is 0 Å². The molecule has 1 aromatic heterocycles. The predicted octanol–water partition coefficient (Wildman–Crippen LogP) is 2.48. The Morgan fingerprint density at radius 1 is 1.29 bits per heavy atom. The minimum Gasteiger partial charge on any atom is -0.462 e. The van der Waals surface area contributed by atoms with Crippen molar-refractivity contribution < 1.29 is 23.9 Å². The van der Waals surface area contributed by atoms with Gasteiger partial charge in [-0.05, 0) is 41.5 Å². The Balaban J connectivity index is 2.66. The number of esters is 1. The summed E-state index contributed by atoms with van der Waals surface area (Å²) >= 11 is 1.02. The summed E-state index contributed by atoms with van der Waals surface area (Å²) in [6.07, 6.45) is -0.687. The average Bonchev–Trinajstić information content (AvgIpc) is 2.77. The number of rotatable bonds is 5. The van der Waals surface area contributed by atoms with Crippen molar-refractivity contribution in [3.63, 3.8) is 0 Å². The van der Waals surface area contributed by atoms with Gasteiger partial charge in [0.2, 0.25) is 5.91 Å². The lowest BCUT2D eigenvalue weighted by atomic mass is 10.2. The third-order valence-electron chi connectivity index (χ3n) is 2.61. The molecule has 9 heteroatoms. The lowest BCUT2D eigenvalue weighted by Crippen LogP contribution is -2.43. The first-order chi connectivity index (χ1) is 11.0. The first kappa shape index (κ1) is 19.9. The second-order valence-corrected chi connectivity index (χ2v) is 7.01. The molecule has 0 aromatic carbocycles. The second-order valence-electron chi connectivity index (χ2n) is 6.01. The Bertz CT molecular complexity index is 621. The van der Waals surface area contributed by atoms with Gasteiger partial charge in [-0.2, -0.15) is 0 Å². The maximum atomic E-state index is 12.1. The van der Waals surface area contributed by atoms with Crippen molar-refractivity contribution in [3.05, 3.63) is 10.6 Å². The highest BCUT2D eigenvalue weighted by molar-refractivity contribution is 7.17. The third kappa shape index (κ3) is 6.15. The first-order valence-corrected chi connectivity index (χ1v) is 8.30. The number of aromatic nitrogens is 1. The number of alkyl carbamates (subject to hydrolysis) is 1. The van der Waals surface area contributed by atoms with Crippen LogP contribution < -0.4 is 10.6 Å². The van der Waals surface area contributed by atoms with Crippen LogP contribution in [0.4, 0.5) is 9.93 Å². The van der Waals surface area contributed by atoms with E-state index < -0.39 is 29.6 Å². The lowest BCUT2D eigenvalue weighted by molar-refractivity contribution is -0.117. The molecule has 0 aliphatic rings. The molecule has 0 fully saturated rings. The van der Waals surface area contributed by atoms with Crippen molar-refractivity contribution in [2.75, 3.05) is 11.9 Å². The minimum absolute atomic E-state index is 0.259. The summed E-state index contributed by atoms with van der Waals surface area (Å²) in [7, 11) is 0. The maximum absolute atomic E-state index is 12.1. The van der Waals surface area contributed by atoms with Gasteiger partial charge in [-0.15, -0.1) is 0 Å². The smallest absolute Gasteiger partial charge is 0.408 e. The normalized spacial score (nSPS) is 12.2. The van der Waals surface area contributed by atoms with Crippen molar-refractivity contribution in [1.82, 2.24) is 10.3 Å². The Labute approximate surface area is 144 Å². The largest absolute Gasteiger partial charge is 0.462 e. The van der Waals surface area contributed by atoms with Gasteiger partial charge in [0.25, 0.3) is 0 Å². The molecule has 2 amide bonds. The molecule has 134 valence electrons. The summed E-state index contributed by atoms with van der Waals surface area (Å²) in [5, 5.41) is 5.25. The van der Waals surface area contributed by atoms with Crippen molar-refractivity contribution in [2.24, 2.45) is 0 Å². The van der Waals surface area contributed by atoms with Crippen LogP contribution in [0.1, 0.15) is 50.0 Å². The van der Waals surface area contributed by atoms with Crippen molar-refractivity contribution >= 4 is 34.4 Å². The highest BCUT2D eigenvalue weighted by Gasteiger charge is 2.23. The van der Waals surface area contributed by atoms with Gasteiger partial charge in [0, 0.05) is 0 Å². The topological polar surface area (TPSA) is 107 Å². The molecule has 0 spiro atoms. The molecule has 0 radical (unpaired) electrons. The standard InChI is InChI=1S/C15H23N3O5S/c1-7-22-12(20)10-8(2)16-13(24-10)18-11(19)9(3)17-14(21)23-15(4,5)6/h9H,7H2,1-6H3,(H,17,21)(H,16,18,19)/t9-/m0/s1. The van der Waals surface area contributed by atoms with E-state index in [-0.39, 0.29) is 11.7 Å². The van der Waals surface area contributed by atoms with E-state index in [1.54, 1.807) is 34.6 Å². The number of thiazole rings is 1.